The molecule has 1 atom stereocenters. The van der Waals surface area contributed by atoms with Crippen LogP contribution in [0, 0.1) is 17.1 Å². The van der Waals surface area contributed by atoms with E-state index in [2.05, 4.69) is 48.8 Å². The molecular formula is C28H28BClFN9. The molecule has 3 heterocycles. The third kappa shape index (κ3) is 4.92. The topological polar surface area (TPSA) is 106 Å². The number of pyridine rings is 1. The quantitative estimate of drug-likeness (QED) is 0.233. The van der Waals surface area contributed by atoms with Gasteiger partial charge in [0.25, 0.3) is 0 Å². The number of hydrogen-bond donors (Lipinski definition) is 4. The van der Waals surface area contributed by atoms with Gasteiger partial charge in [-0.3, -0.25) is 9.99 Å². The van der Waals surface area contributed by atoms with E-state index < -0.39 is 5.44 Å². The monoisotopic (exact) mass is 555 g/mol. The van der Waals surface area contributed by atoms with Crippen molar-refractivity contribution < 1.29 is 4.39 Å². The van der Waals surface area contributed by atoms with Gasteiger partial charge in [-0.1, -0.05) is 23.7 Å². The van der Waals surface area contributed by atoms with Crippen molar-refractivity contribution >= 4 is 41.7 Å². The van der Waals surface area contributed by atoms with Gasteiger partial charge in [0.1, 0.15) is 25.6 Å². The lowest BCUT2D eigenvalue weighted by Gasteiger charge is -2.34. The van der Waals surface area contributed by atoms with Crippen LogP contribution < -0.4 is 21.6 Å². The second-order valence-corrected chi connectivity index (χ2v) is 10.7. The molecule has 9 nitrogen and oxygen atoms in total. The fraction of sp³-hybridized carbons (Fsp3) is 0.250. The van der Waals surface area contributed by atoms with Crippen molar-refractivity contribution in [2.24, 2.45) is 7.05 Å². The molecule has 202 valence electrons. The van der Waals surface area contributed by atoms with Crippen molar-refractivity contribution in [2.45, 2.75) is 30.7 Å². The highest BCUT2D eigenvalue weighted by atomic mass is 35.5. The van der Waals surface area contributed by atoms with Gasteiger partial charge in [-0.25, -0.2) is 9.37 Å². The number of nitrogens with zero attached hydrogens (tertiary/aromatic N) is 5. The van der Waals surface area contributed by atoms with E-state index in [4.69, 9.17) is 11.6 Å². The number of benzene rings is 2. The first-order valence-corrected chi connectivity index (χ1v) is 13.5. The number of imidazole rings is 1. The molecule has 1 unspecified atom stereocenters. The van der Waals surface area contributed by atoms with Crippen molar-refractivity contribution in [3.05, 3.63) is 94.7 Å². The normalized spacial score (nSPS) is 16.2. The summed E-state index contributed by atoms with van der Waals surface area (Å²) in [6.07, 6.45) is 10.2. The highest BCUT2D eigenvalue weighted by Gasteiger charge is 2.38. The molecule has 2 aromatic heterocycles. The van der Waals surface area contributed by atoms with Gasteiger partial charge in [-0.2, -0.15) is 5.26 Å². The van der Waals surface area contributed by atoms with Crippen LogP contribution in [0.1, 0.15) is 29.8 Å². The molecule has 0 saturated heterocycles. The Hall–Kier alpha value is -4.27. The minimum absolute atomic E-state index is 0.303. The van der Waals surface area contributed by atoms with Gasteiger partial charge >= 0.3 is 0 Å². The van der Waals surface area contributed by atoms with E-state index in [1.807, 2.05) is 37.8 Å². The van der Waals surface area contributed by atoms with Crippen LogP contribution in [0.15, 0.2) is 66.9 Å². The number of aryl methyl sites for hydroxylation is 1. The molecule has 0 bridgehead atoms. The summed E-state index contributed by atoms with van der Waals surface area (Å²) in [4.78, 5) is 8.87. The molecule has 12 heteroatoms. The SMILES string of the molecule is BC(Nc1cc(Cl)c2ncc(C#N)c(NCCc3nccn3C)c2c1)(C1=CN(C2CC2)NN1)c1ccc(F)cc1. The molecule has 4 N–H and O–H groups in total. The summed E-state index contributed by atoms with van der Waals surface area (Å²) in [7, 11) is 3.99. The molecule has 0 amide bonds. The van der Waals surface area contributed by atoms with Gasteiger partial charge < -0.3 is 20.6 Å². The highest BCUT2D eigenvalue weighted by molar-refractivity contribution is 6.36. The standard InChI is InChI=1S/C28H28BClFN9/c1-39-11-10-33-25(39)8-9-34-26-17(14-32)15-35-27-22(26)12-20(13-23(27)30)36-28(29,18-2-4-19(31)5-3-18)24-16-40(38-37-24)21-6-7-21/h2-5,10-13,15-16,21,36-38H,6-9,29H2,1H3,(H,34,35). The number of rotatable bonds is 9. The average Bonchev–Trinajstić information content (AvgIpc) is 3.52. The first-order chi connectivity index (χ1) is 19.4. The first-order valence-electron chi connectivity index (χ1n) is 13.1. The summed E-state index contributed by atoms with van der Waals surface area (Å²) in [5.41, 5.74) is 9.90. The van der Waals surface area contributed by atoms with E-state index >= 15 is 0 Å². The Morgan fingerprint density at radius 1 is 1.25 bits per heavy atom. The summed E-state index contributed by atoms with van der Waals surface area (Å²) < 4.78 is 15.8. The first kappa shape index (κ1) is 26.0. The van der Waals surface area contributed by atoms with Gasteiger partial charge in [0, 0.05) is 61.9 Å². The Morgan fingerprint density at radius 3 is 2.75 bits per heavy atom. The zero-order valence-corrected chi connectivity index (χ0v) is 22.9. The Bertz CT molecular complexity index is 1640. The smallest absolute Gasteiger partial charge is 0.148 e. The number of anilines is 2. The van der Waals surface area contributed by atoms with Crippen LogP contribution >= 0.6 is 11.6 Å². The maximum atomic E-state index is 13.9. The molecule has 6 rings (SSSR count). The molecule has 1 aliphatic heterocycles. The van der Waals surface area contributed by atoms with E-state index in [-0.39, 0.29) is 5.82 Å². The van der Waals surface area contributed by atoms with Crippen LogP contribution in [0.25, 0.3) is 10.9 Å². The van der Waals surface area contributed by atoms with Crippen molar-refractivity contribution in [1.29, 1.82) is 5.26 Å². The van der Waals surface area contributed by atoms with Crippen molar-refractivity contribution in [3.8, 4) is 6.07 Å². The number of fused-ring (bicyclic) bond motifs is 1. The molecule has 0 spiro atoms. The summed E-state index contributed by atoms with van der Waals surface area (Å²) in [6.45, 7) is 0.570. The number of nitriles is 1. The molecule has 40 heavy (non-hydrogen) atoms. The third-order valence-electron chi connectivity index (χ3n) is 7.50. The summed E-state index contributed by atoms with van der Waals surface area (Å²) in [5, 5.41) is 20.2. The molecule has 2 aliphatic rings. The van der Waals surface area contributed by atoms with Crippen LogP contribution in [0.5, 0.6) is 0 Å². The predicted molar refractivity (Wildman–Crippen MR) is 156 cm³/mol. The lowest BCUT2D eigenvalue weighted by molar-refractivity contribution is 0.260. The summed E-state index contributed by atoms with van der Waals surface area (Å²) in [6, 6.07) is 12.9. The fourth-order valence-electron chi connectivity index (χ4n) is 5.04. The zero-order chi connectivity index (χ0) is 27.9. The number of halogens is 2. The Morgan fingerprint density at radius 2 is 2.05 bits per heavy atom. The largest absolute Gasteiger partial charge is 0.383 e. The third-order valence-corrected chi connectivity index (χ3v) is 7.79. The van der Waals surface area contributed by atoms with E-state index in [9.17, 15) is 9.65 Å². The Balaban J connectivity index is 1.38. The number of hydrazine groups is 2. The van der Waals surface area contributed by atoms with Crippen LogP contribution in [0.2, 0.25) is 5.02 Å². The lowest BCUT2D eigenvalue weighted by Crippen LogP contribution is -2.45. The molecule has 0 radical (unpaired) electrons. The van der Waals surface area contributed by atoms with Gasteiger partial charge in [-0.15, -0.1) is 5.53 Å². The van der Waals surface area contributed by atoms with Crippen LogP contribution in [-0.4, -0.2) is 40.0 Å². The maximum Gasteiger partial charge on any atom is 0.148 e. The number of nitrogens with one attached hydrogen (secondary N) is 4. The lowest BCUT2D eigenvalue weighted by atomic mass is 9.69. The van der Waals surface area contributed by atoms with E-state index in [0.717, 1.165) is 41.0 Å². The molecule has 1 aliphatic carbocycles. The Kier molecular flexibility index (Phi) is 6.74. The molecular weight excluding hydrogens is 528 g/mol. The van der Waals surface area contributed by atoms with Gasteiger partial charge in [0.05, 0.1) is 32.9 Å². The fourth-order valence-corrected chi connectivity index (χ4v) is 5.31. The molecule has 1 saturated carbocycles. The minimum Gasteiger partial charge on any atom is -0.383 e. The van der Waals surface area contributed by atoms with E-state index in [0.29, 0.717) is 40.8 Å². The minimum atomic E-state index is -0.770. The van der Waals surface area contributed by atoms with Crippen LogP contribution in [0.3, 0.4) is 0 Å². The zero-order valence-electron chi connectivity index (χ0n) is 22.2. The number of hydrogen-bond acceptors (Lipinski definition) is 8. The summed E-state index contributed by atoms with van der Waals surface area (Å²) >= 11 is 6.77. The average molecular weight is 556 g/mol. The van der Waals surface area contributed by atoms with Gasteiger partial charge in [-0.05, 0) is 42.7 Å². The molecule has 2 aromatic carbocycles. The molecule has 1 fully saturated rings. The second kappa shape index (κ2) is 10.4. The Labute approximate surface area is 237 Å². The van der Waals surface area contributed by atoms with Crippen molar-refractivity contribution in [2.75, 3.05) is 17.2 Å². The highest BCUT2D eigenvalue weighted by Crippen LogP contribution is 2.38. The van der Waals surface area contributed by atoms with Crippen molar-refractivity contribution in [3.63, 3.8) is 0 Å². The molecule has 4 aromatic rings. The van der Waals surface area contributed by atoms with Crippen LogP contribution in [-0.2, 0) is 18.9 Å². The second-order valence-electron chi connectivity index (χ2n) is 10.3. The number of aromatic nitrogens is 3. The van der Waals surface area contributed by atoms with E-state index in [1.165, 1.54) is 12.1 Å². The van der Waals surface area contributed by atoms with Crippen LogP contribution in [0.4, 0.5) is 15.8 Å². The van der Waals surface area contributed by atoms with Crippen molar-refractivity contribution in [1.82, 2.24) is 30.5 Å². The van der Waals surface area contributed by atoms with Gasteiger partial charge in [0.15, 0.2) is 0 Å². The maximum absolute atomic E-state index is 13.9. The van der Waals surface area contributed by atoms with E-state index in [1.54, 1.807) is 24.5 Å². The van der Waals surface area contributed by atoms with Gasteiger partial charge in [0.2, 0.25) is 0 Å². The summed E-state index contributed by atoms with van der Waals surface area (Å²) in [5.74, 6) is 0.633. The predicted octanol–water partition coefficient (Wildman–Crippen LogP) is 3.51.